The van der Waals surface area contributed by atoms with E-state index in [1.807, 2.05) is 13.8 Å². The van der Waals surface area contributed by atoms with Crippen LogP contribution >= 0.6 is 0 Å². The lowest BCUT2D eigenvalue weighted by atomic mass is 9.79. The lowest BCUT2D eigenvalue weighted by Crippen LogP contribution is -2.45. The van der Waals surface area contributed by atoms with Crippen molar-refractivity contribution in [3.8, 4) is 0 Å². The van der Waals surface area contributed by atoms with Gasteiger partial charge < -0.3 is 4.74 Å². The van der Waals surface area contributed by atoms with Crippen molar-refractivity contribution in [2.45, 2.75) is 44.6 Å². The minimum absolute atomic E-state index is 0.0207. The minimum Gasteiger partial charge on any atom is -0.459 e. The summed E-state index contributed by atoms with van der Waals surface area (Å²) in [5.74, 6) is -0.478. The molecule has 5 atom stereocenters. The van der Waals surface area contributed by atoms with Crippen molar-refractivity contribution < 1.29 is 22.1 Å². The first-order chi connectivity index (χ1) is 7.33. The molecule has 6 heteroatoms. The first-order valence-corrected chi connectivity index (χ1v) is 6.89. The fraction of sp³-hybridized carbons (Fsp3) is 0.900. The van der Waals surface area contributed by atoms with Crippen LogP contribution in [0.3, 0.4) is 0 Å². The number of fused-ring (bicyclic) bond motifs is 2. The summed E-state index contributed by atoms with van der Waals surface area (Å²) in [4.78, 5) is 11.0. The fourth-order valence-electron chi connectivity index (χ4n) is 2.67. The minimum atomic E-state index is -3.47. The molecule has 0 aromatic heterocycles. The predicted octanol–water partition coefficient (Wildman–Crippen LogP) is 0.691. The van der Waals surface area contributed by atoms with Gasteiger partial charge >= 0.3 is 5.97 Å². The highest BCUT2D eigenvalue weighted by Gasteiger charge is 2.56. The monoisotopic (exact) mass is 248 g/mol. The molecule has 1 saturated carbocycles. The molecular formula is C10H16O5S. The van der Waals surface area contributed by atoms with Crippen LogP contribution < -0.4 is 0 Å². The number of esters is 1. The van der Waals surface area contributed by atoms with Gasteiger partial charge in [0.25, 0.3) is 10.1 Å². The lowest BCUT2D eigenvalue weighted by molar-refractivity contribution is -0.157. The molecule has 5 unspecified atom stereocenters. The Bertz CT molecular complexity index is 401. The molecule has 0 spiro atoms. The van der Waals surface area contributed by atoms with Crippen LogP contribution in [0.25, 0.3) is 0 Å². The van der Waals surface area contributed by atoms with E-state index in [0.29, 0.717) is 6.42 Å². The van der Waals surface area contributed by atoms with Gasteiger partial charge in [0, 0.05) is 12.8 Å². The second-order valence-electron chi connectivity index (χ2n) is 4.74. The third-order valence-electron chi connectivity index (χ3n) is 3.51. The molecule has 1 saturated heterocycles. The molecule has 1 heterocycles. The number of carbonyl (C=O) groups excluding carboxylic acids is 1. The van der Waals surface area contributed by atoms with Crippen LogP contribution in [0, 0.1) is 11.8 Å². The van der Waals surface area contributed by atoms with Crippen LogP contribution in [0.5, 0.6) is 0 Å². The molecule has 2 bridgehead atoms. The van der Waals surface area contributed by atoms with Crippen molar-refractivity contribution in [1.82, 2.24) is 0 Å². The van der Waals surface area contributed by atoms with Gasteiger partial charge in [-0.05, 0) is 12.3 Å². The predicted molar refractivity (Wildman–Crippen MR) is 56.1 cm³/mol. The summed E-state index contributed by atoms with van der Waals surface area (Å²) in [6.07, 6.45) is -0.457. The molecule has 0 radical (unpaired) electrons. The first-order valence-electron chi connectivity index (χ1n) is 5.42. The molecule has 1 aliphatic carbocycles. The van der Waals surface area contributed by atoms with Gasteiger partial charge in [0.2, 0.25) is 0 Å². The number of ether oxygens (including phenoxy) is 1. The Morgan fingerprint density at radius 3 is 2.56 bits per heavy atom. The molecule has 0 N–H and O–H groups in total. The summed E-state index contributed by atoms with van der Waals surface area (Å²) in [7, 11) is -3.47. The van der Waals surface area contributed by atoms with Crippen LogP contribution in [-0.4, -0.2) is 31.8 Å². The zero-order valence-corrected chi connectivity index (χ0v) is 10.4. The van der Waals surface area contributed by atoms with Gasteiger partial charge in [-0.15, -0.1) is 0 Å². The van der Waals surface area contributed by atoms with E-state index < -0.39 is 33.5 Å². The van der Waals surface area contributed by atoms with Gasteiger partial charge in [-0.1, -0.05) is 13.8 Å². The highest BCUT2D eigenvalue weighted by Crippen LogP contribution is 2.43. The molecule has 2 aliphatic rings. The van der Waals surface area contributed by atoms with Crippen molar-refractivity contribution in [2.75, 3.05) is 0 Å². The Balaban J connectivity index is 2.28. The highest BCUT2D eigenvalue weighted by atomic mass is 32.2. The van der Waals surface area contributed by atoms with Crippen LogP contribution in [0.1, 0.15) is 27.2 Å². The molecule has 5 nitrogen and oxygen atoms in total. The molecular weight excluding hydrogens is 232 g/mol. The second kappa shape index (κ2) is 3.70. The van der Waals surface area contributed by atoms with E-state index in [1.165, 1.54) is 6.92 Å². The lowest BCUT2D eigenvalue weighted by Gasteiger charge is -2.34. The first kappa shape index (κ1) is 11.9. The number of hydrogen-bond acceptors (Lipinski definition) is 5. The van der Waals surface area contributed by atoms with E-state index in [-0.39, 0.29) is 11.8 Å². The average Bonchev–Trinajstić information content (AvgIpc) is 2.29. The molecule has 1 aliphatic heterocycles. The fourth-order valence-corrected chi connectivity index (χ4v) is 4.63. The van der Waals surface area contributed by atoms with Crippen LogP contribution in [-0.2, 0) is 23.8 Å². The van der Waals surface area contributed by atoms with Gasteiger partial charge in [-0.25, -0.2) is 0 Å². The molecule has 16 heavy (non-hydrogen) atoms. The summed E-state index contributed by atoms with van der Waals surface area (Å²) in [6.45, 7) is 5.05. The quantitative estimate of drug-likeness (QED) is 0.504. The molecule has 92 valence electrons. The average molecular weight is 248 g/mol. The van der Waals surface area contributed by atoms with E-state index in [2.05, 4.69) is 0 Å². The third-order valence-corrected chi connectivity index (χ3v) is 5.37. The van der Waals surface area contributed by atoms with E-state index in [9.17, 15) is 13.2 Å². The number of carbonyl (C=O) groups is 1. The molecule has 2 rings (SSSR count). The Morgan fingerprint density at radius 2 is 2.00 bits per heavy atom. The normalized spacial score (nSPS) is 45.3. The van der Waals surface area contributed by atoms with Crippen LogP contribution in [0.4, 0.5) is 0 Å². The maximum absolute atomic E-state index is 11.7. The van der Waals surface area contributed by atoms with Crippen molar-refractivity contribution in [2.24, 2.45) is 11.8 Å². The van der Waals surface area contributed by atoms with Crippen molar-refractivity contribution in [1.29, 1.82) is 0 Å². The van der Waals surface area contributed by atoms with Gasteiger partial charge in [0.15, 0.2) is 0 Å². The Labute approximate surface area is 95.2 Å². The summed E-state index contributed by atoms with van der Waals surface area (Å²) < 4.78 is 33.6. The standard InChI is InChI=1S/C10H16O5S/c1-5-4-8-6(2)10(15-16(8,12)13)9(5)14-7(3)11/h5-6,8-10H,4H2,1-3H3. The third kappa shape index (κ3) is 1.73. The maximum Gasteiger partial charge on any atom is 0.303 e. The van der Waals surface area contributed by atoms with Crippen molar-refractivity contribution >= 4 is 16.1 Å². The molecule has 0 aromatic rings. The van der Waals surface area contributed by atoms with Gasteiger partial charge in [0.05, 0.1) is 5.25 Å². The Kier molecular flexibility index (Phi) is 2.74. The van der Waals surface area contributed by atoms with Crippen molar-refractivity contribution in [3.63, 3.8) is 0 Å². The summed E-state index contributed by atoms with van der Waals surface area (Å²) in [6, 6.07) is 0. The summed E-state index contributed by atoms with van der Waals surface area (Å²) in [5, 5.41) is -0.445. The number of rotatable bonds is 1. The number of hydrogen-bond donors (Lipinski definition) is 0. The van der Waals surface area contributed by atoms with E-state index in [0.717, 1.165) is 0 Å². The van der Waals surface area contributed by atoms with Gasteiger partial charge in [-0.3, -0.25) is 8.98 Å². The maximum atomic E-state index is 11.7. The zero-order valence-electron chi connectivity index (χ0n) is 9.54. The second-order valence-corrected chi connectivity index (χ2v) is 6.52. The zero-order chi connectivity index (χ0) is 12.1. The Hall–Kier alpha value is -0.620. The van der Waals surface area contributed by atoms with E-state index in [4.69, 9.17) is 8.92 Å². The van der Waals surface area contributed by atoms with Crippen LogP contribution in [0.2, 0.25) is 0 Å². The van der Waals surface area contributed by atoms with Crippen LogP contribution in [0.15, 0.2) is 0 Å². The largest absolute Gasteiger partial charge is 0.459 e. The molecule has 0 amide bonds. The molecule has 2 fully saturated rings. The summed E-state index contributed by atoms with van der Waals surface area (Å²) in [5.41, 5.74) is 0. The van der Waals surface area contributed by atoms with Gasteiger partial charge in [-0.2, -0.15) is 8.42 Å². The van der Waals surface area contributed by atoms with Crippen molar-refractivity contribution in [3.05, 3.63) is 0 Å². The summed E-state index contributed by atoms with van der Waals surface area (Å²) >= 11 is 0. The SMILES string of the molecule is CC(=O)OC1C(C)CC2C(C)C1OS2(=O)=O. The van der Waals surface area contributed by atoms with E-state index in [1.54, 1.807) is 0 Å². The van der Waals surface area contributed by atoms with E-state index >= 15 is 0 Å². The highest BCUT2D eigenvalue weighted by molar-refractivity contribution is 7.87. The topological polar surface area (TPSA) is 69.7 Å². The molecule has 0 aromatic carbocycles. The smallest absolute Gasteiger partial charge is 0.303 e. The Morgan fingerprint density at radius 1 is 1.38 bits per heavy atom. The van der Waals surface area contributed by atoms with Gasteiger partial charge in [0.1, 0.15) is 12.2 Å².